The summed E-state index contributed by atoms with van der Waals surface area (Å²) >= 11 is 11.7. The van der Waals surface area contributed by atoms with E-state index in [2.05, 4.69) is 29.0 Å². The molecule has 0 spiro atoms. The Balaban J connectivity index is 0.000000344. The molecule has 2 aromatic carbocycles. The molecule has 4 N–H and O–H groups in total. The van der Waals surface area contributed by atoms with Crippen LogP contribution in [-0.4, -0.2) is 79.6 Å². The molecule has 0 aromatic heterocycles. The molecule has 2 aromatic rings. The molecule has 7 nitrogen and oxygen atoms in total. The molecule has 1 aliphatic heterocycles. The fourth-order valence-electron chi connectivity index (χ4n) is 3.29. The van der Waals surface area contributed by atoms with E-state index in [-0.39, 0.29) is 30.8 Å². The number of halogens is 3. The molecule has 1 heterocycles. The molecule has 2 aliphatic rings. The predicted molar refractivity (Wildman–Crippen MR) is 161 cm³/mol. The SMILES string of the molecule is CC#CCO.CCCN.CN1CCN(C(=O)CNC(=O)c2ccc(Cl)c(Cl)c2)CC1.Fc1ccc(C2CC2)cc1. The molecular weight excluding hydrogens is 554 g/mol. The van der Waals surface area contributed by atoms with E-state index in [1.807, 2.05) is 19.2 Å². The lowest BCUT2D eigenvalue weighted by Gasteiger charge is -2.32. The van der Waals surface area contributed by atoms with Crippen LogP contribution < -0.4 is 11.1 Å². The summed E-state index contributed by atoms with van der Waals surface area (Å²) in [5.74, 6) is 5.13. The third kappa shape index (κ3) is 14.6. The molecule has 40 heavy (non-hydrogen) atoms. The van der Waals surface area contributed by atoms with Gasteiger partial charge < -0.3 is 26.0 Å². The van der Waals surface area contributed by atoms with Gasteiger partial charge in [0.1, 0.15) is 12.4 Å². The number of benzene rings is 2. The summed E-state index contributed by atoms with van der Waals surface area (Å²) in [7, 11) is 2.02. The van der Waals surface area contributed by atoms with Gasteiger partial charge in [0.05, 0.1) is 16.6 Å². The Morgan fingerprint density at radius 2 is 1.68 bits per heavy atom. The largest absolute Gasteiger partial charge is 0.384 e. The van der Waals surface area contributed by atoms with Gasteiger partial charge >= 0.3 is 0 Å². The normalized spacial score (nSPS) is 14.1. The summed E-state index contributed by atoms with van der Waals surface area (Å²) in [4.78, 5) is 27.9. The summed E-state index contributed by atoms with van der Waals surface area (Å²) in [6.07, 6.45) is 3.66. The van der Waals surface area contributed by atoms with Gasteiger partial charge in [0, 0.05) is 31.7 Å². The highest BCUT2D eigenvalue weighted by atomic mass is 35.5. The molecule has 0 radical (unpaired) electrons. The van der Waals surface area contributed by atoms with Gasteiger partial charge in [-0.25, -0.2) is 4.39 Å². The van der Waals surface area contributed by atoms with Crippen LogP contribution in [0.1, 0.15) is 54.9 Å². The lowest BCUT2D eigenvalue weighted by atomic mass is 10.1. The maximum absolute atomic E-state index is 12.4. The quantitative estimate of drug-likeness (QED) is 0.441. The molecule has 0 bridgehead atoms. The Bertz CT molecular complexity index is 1090. The second-order valence-electron chi connectivity index (χ2n) is 9.20. The van der Waals surface area contributed by atoms with Crippen molar-refractivity contribution in [2.45, 2.75) is 39.0 Å². The van der Waals surface area contributed by atoms with Crippen molar-refractivity contribution in [2.24, 2.45) is 5.73 Å². The van der Waals surface area contributed by atoms with Crippen LogP contribution in [0.4, 0.5) is 4.39 Å². The summed E-state index contributed by atoms with van der Waals surface area (Å²) in [6, 6.07) is 11.5. The number of amides is 2. The first-order valence-electron chi connectivity index (χ1n) is 13.3. The van der Waals surface area contributed by atoms with Crippen LogP contribution in [0.2, 0.25) is 10.0 Å². The average Bonchev–Trinajstić information content (AvgIpc) is 3.81. The first kappa shape index (κ1) is 35.4. The van der Waals surface area contributed by atoms with E-state index in [0.29, 0.717) is 28.7 Å². The number of likely N-dealkylation sites (N-methyl/N-ethyl adjacent to an activating group) is 1. The van der Waals surface area contributed by atoms with Crippen LogP contribution in [0.15, 0.2) is 42.5 Å². The summed E-state index contributed by atoms with van der Waals surface area (Å²) < 4.78 is 12.4. The molecule has 220 valence electrons. The maximum Gasteiger partial charge on any atom is 0.251 e. The smallest absolute Gasteiger partial charge is 0.251 e. The van der Waals surface area contributed by atoms with Crippen LogP contribution in [0.25, 0.3) is 0 Å². The van der Waals surface area contributed by atoms with E-state index < -0.39 is 0 Å². The van der Waals surface area contributed by atoms with E-state index >= 15 is 0 Å². The molecule has 2 amide bonds. The van der Waals surface area contributed by atoms with Crippen LogP contribution in [0.3, 0.4) is 0 Å². The molecule has 1 saturated heterocycles. The van der Waals surface area contributed by atoms with E-state index in [9.17, 15) is 14.0 Å². The third-order valence-corrected chi connectivity index (χ3v) is 6.64. The predicted octanol–water partition coefficient (Wildman–Crippen LogP) is 4.56. The standard InChI is InChI=1S/C14H17Cl2N3O2.C9H9F.C4H6O.C3H9N/c1-18-4-6-19(7-5-18)13(20)9-17-14(21)10-2-3-11(15)12(16)8-10;10-9-5-3-8(4-6-9)7-1-2-7;1-2-3-4-5;1-2-3-4/h2-3,8H,4-7,9H2,1H3,(H,17,21);3-7H,1-2H2;5H,4H2,1H3;2-4H2,1H3. The fraction of sp³-hybridized carbons (Fsp3) is 0.467. The number of hydrogen-bond acceptors (Lipinski definition) is 5. The minimum Gasteiger partial charge on any atom is -0.384 e. The first-order valence-corrected chi connectivity index (χ1v) is 14.1. The average molecular weight is 596 g/mol. The molecule has 10 heteroatoms. The van der Waals surface area contributed by atoms with E-state index in [1.165, 1.54) is 36.6 Å². The monoisotopic (exact) mass is 594 g/mol. The number of rotatable bonds is 5. The Morgan fingerprint density at radius 3 is 2.12 bits per heavy atom. The number of carbonyl (C=O) groups excluding carboxylic acids is 2. The minimum atomic E-state index is -0.337. The Labute approximate surface area is 247 Å². The van der Waals surface area contributed by atoms with Crippen molar-refractivity contribution >= 4 is 35.0 Å². The van der Waals surface area contributed by atoms with Gasteiger partial charge in [0.25, 0.3) is 5.91 Å². The van der Waals surface area contributed by atoms with Gasteiger partial charge in [-0.15, -0.1) is 5.92 Å². The highest BCUT2D eigenvalue weighted by Crippen LogP contribution is 2.39. The molecule has 0 atom stereocenters. The molecular formula is C30H41Cl2FN4O3. The summed E-state index contributed by atoms with van der Waals surface area (Å²) in [5.41, 5.74) is 6.71. The van der Waals surface area contributed by atoms with Crippen molar-refractivity contribution in [2.75, 3.05) is 52.9 Å². The van der Waals surface area contributed by atoms with Gasteiger partial charge in [-0.3, -0.25) is 9.59 Å². The zero-order valence-corrected chi connectivity index (χ0v) is 25.1. The van der Waals surface area contributed by atoms with E-state index in [1.54, 1.807) is 24.0 Å². The Morgan fingerprint density at radius 1 is 1.07 bits per heavy atom. The molecule has 1 aliphatic carbocycles. The number of piperazine rings is 1. The first-order chi connectivity index (χ1) is 19.2. The van der Waals surface area contributed by atoms with Crippen LogP contribution in [0.5, 0.6) is 0 Å². The van der Waals surface area contributed by atoms with E-state index in [4.69, 9.17) is 34.0 Å². The number of nitrogens with one attached hydrogen (secondary N) is 1. The van der Waals surface area contributed by atoms with Gasteiger partial charge in [-0.2, -0.15) is 0 Å². The van der Waals surface area contributed by atoms with Crippen LogP contribution >= 0.6 is 23.2 Å². The van der Waals surface area contributed by atoms with Crippen LogP contribution in [0, 0.1) is 17.7 Å². The van der Waals surface area contributed by atoms with Crippen molar-refractivity contribution in [3.8, 4) is 11.8 Å². The highest BCUT2D eigenvalue weighted by molar-refractivity contribution is 6.42. The number of nitrogens with zero attached hydrogens (tertiary/aromatic N) is 2. The maximum atomic E-state index is 12.4. The van der Waals surface area contributed by atoms with Crippen molar-refractivity contribution in [1.29, 1.82) is 0 Å². The van der Waals surface area contributed by atoms with Gasteiger partial charge in [0.15, 0.2) is 0 Å². The number of hydrogen-bond donors (Lipinski definition) is 3. The van der Waals surface area contributed by atoms with Crippen LogP contribution in [-0.2, 0) is 4.79 Å². The minimum absolute atomic E-state index is 0.0111. The van der Waals surface area contributed by atoms with Crippen molar-refractivity contribution in [3.63, 3.8) is 0 Å². The molecule has 0 unspecified atom stereocenters. The van der Waals surface area contributed by atoms with Gasteiger partial charge in [-0.05, 0) is 81.6 Å². The molecule has 1 saturated carbocycles. The van der Waals surface area contributed by atoms with Crippen molar-refractivity contribution < 1.29 is 19.1 Å². The second-order valence-corrected chi connectivity index (χ2v) is 10.0. The summed E-state index contributed by atoms with van der Waals surface area (Å²) in [5, 5.41) is 11.2. The fourth-order valence-corrected chi connectivity index (χ4v) is 3.59. The van der Waals surface area contributed by atoms with Crippen molar-refractivity contribution in [3.05, 3.63) is 69.5 Å². The Hall–Kier alpha value is -2.67. The molecule has 4 rings (SSSR count). The lowest BCUT2D eigenvalue weighted by Crippen LogP contribution is -2.50. The number of nitrogens with two attached hydrogens (primary N) is 1. The number of aliphatic hydroxyl groups excluding tert-OH is 1. The second kappa shape index (κ2) is 20.2. The summed E-state index contributed by atoms with van der Waals surface area (Å²) in [6.45, 7) is 7.63. The number of carbonyl (C=O) groups is 2. The molecule has 2 fully saturated rings. The van der Waals surface area contributed by atoms with E-state index in [0.717, 1.165) is 32.0 Å². The lowest BCUT2D eigenvalue weighted by molar-refractivity contribution is -0.131. The highest BCUT2D eigenvalue weighted by Gasteiger charge is 2.23. The zero-order chi connectivity index (χ0) is 29.9. The van der Waals surface area contributed by atoms with Crippen molar-refractivity contribution in [1.82, 2.24) is 15.1 Å². The zero-order valence-electron chi connectivity index (χ0n) is 23.6. The Kier molecular flexibility index (Phi) is 17.9. The topological polar surface area (TPSA) is 98.9 Å². The number of aliphatic hydroxyl groups is 1. The van der Waals surface area contributed by atoms with Gasteiger partial charge in [0.2, 0.25) is 5.91 Å². The third-order valence-electron chi connectivity index (χ3n) is 5.90. The van der Waals surface area contributed by atoms with Gasteiger partial charge in [-0.1, -0.05) is 48.2 Å².